The molecule has 2 aliphatic heterocycles. The van der Waals surface area contributed by atoms with Gasteiger partial charge in [0.05, 0.1) is 6.10 Å². The summed E-state index contributed by atoms with van der Waals surface area (Å²) in [5.41, 5.74) is 2.40. The van der Waals surface area contributed by atoms with Crippen molar-refractivity contribution in [3.63, 3.8) is 0 Å². The Morgan fingerprint density at radius 3 is 2.72 bits per heavy atom. The van der Waals surface area contributed by atoms with Crippen LogP contribution in [0.1, 0.15) is 52.0 Å². The average molecular weight is 398 g/mol. The summed E-state index contributed by atoms with van der Waals surface area (Å²) in [6.07, 6.45) is 6.01. The number of hydrogen-bond acceptors (Lipinski definition) is 4. The minimum Gasteiger partial charge on any atom is -0.428 e. The Kier molecular flexibility index (Phi) is 6.41. The van der Waals surface area contributed by atoms with Crippen molar-refractivity contribution >= 4 is 5.97 Å². The number of carbonyl (C=O) groups excluding carboxylic acids is 1. The zero-order valence-corrected chi connectivity index (χ0v) is 18.0. The summed E-state index contributed by atoms with van der Waals surface area (Å²) in [4.78, 5) is 14.6. The van der Waals surface area contributed by atoms with E-state index in [0.717, 1.165) is 38.0 Å². The smallest absolute Gasteiger partial charge is 0.333 e. The molecule has 0 bridgehead atoms. The fourth-order valence-corrected chi connectivity index (χ4v) is 5.18. The molecule has 158 valence electrons. The molecule has 0 amide bonds. The molecule has 4 nitrogen and oxygen atoms in total. The normalized spacial score (nSPS) is 33.2. The predicted octanol–water partition coefficient (Wildman–Crippen LogP) is 4.80. The first-order chi connectivity index (χ1) is 14.0. The molecule has 3 aliphatic rings. The highest BCUT2D eigenvalue weighted by Crippen LogP contribution is 2.38. The van der Waals surface area contributed by atoms with Crippen molar-refractivity contribution < 1.29 is 14.3 Å². The van der Waals surface area contributed by atoms with Crippen LogP contribution in [-0.2, 0) is 20.8 Å². The first-order valence-electron chi connectivity index (χ1n) is 11.3. The zero-order valence-electron chi connectivity index (χ0n) is 18.0. The lowest BCUT2D eigenvalue weighted by atomic mass is 9.76. The largest absolute Gasteiger partial charge is 0.428 e. The Bertz CT molecular complexity index is 729. The van der Waals surface area contributed by atoms with E-state index >= 15 is 0 Å². The van der Waals surface area contributed by atoms with Crippen LogP contribution < -0.4 is 0 Å². The van der Waals surface area contributed by atoms with E-state index in [1.54, 1.807) is 6.08 Å². The predicted molar refractivity (Wildman–Crippen MR) is 114 cm³/mol. The van der Waals surface area contributed by atoms with E-state index in [0.29, 0.717) is 23.7 Å². The molecule has 1 aromatic carbocycles. The maximum Gasteiger partial charge on any atom is 0.333 e. The van der Waals surface area contributed by atoms with Crippen LogP contribution in [0, 0.1) is 23.7 Å². The Labute approximate surface area is 175 Å². The molecule has 1 aromatic rings. The summed E-state index contributed by atoms with van der Waals surface area (Å²) in [7, 11) is 0. The summed E-state index contributed by atoms with van der Waals surface area (Å²) in [5.74, 6) is 2.00. The Morgan fingerprint density at radius 2 is 1.97 bits per heavy atom. The minimum atomic E-state index is -0.484. The summed E-state index contributed by atoms with van der Waals surface area (Å²) in [6.45, 7) is 9.86. The van der Waals surface area contributed by atoms with Crippen LogP contribution in [-0.4, -0.2) is 36.4 Å². The first kappa shape index (κ1) is 20.6. The van der Waals surface area contributed by atoms with Gasteiger partial charge >= 0.3 is 5.97 Å². The highest BCUT2D eigenvalue weighted by molar-refractivity contribution is 5.85. The lowest BCUT2D eigenvalue weighted by Crippen LogP contribution is -2.36. The molecule has 2 fully saturated rings. The van der Waals surface area contributed by atoms with Gasteiger partial charge in [-0.15, -0.1) is 0 Å². The molecular weight excluding hydrogens is 362 g/mol. The number of cyclic esters (lactones) is 1. The van der Waals surface area contributed by atoms with Gasteiger partial charge in [-0.25, -0.2) is 4.79 Å². The van der Waals surface area contributed by atoms with E-state index in [4.69, 9.17) is 9.47 Å². The molecule has 4 heteroatoms. The fourth-order valence-electron chi connectivity index (χ4n) is 5.18. The van der Waals surface area contributed by atoms with Crippen molar-refractivity contribution in [2.75, 3.05) is 13.1 Å². The molecule has 0 N–H and O–H groups in total. The van der Waals surface area contributed by atoms with Gasteiger partial charge in [-0.1, -0.05) is 51.1 Å². The molecule has 3 unspecified atom stereocenters. The van der Waals surface area contributed by atoms with Crippen LogP contribution >= 0.6 is 0 Å². The van der Waals surface area contributed by atoms with Gasteiger partial charge in [0.25, 0.3) is 0 Å². The SMILES string of the molecule is CC(C)C1CCC(C)C(O[C@H]2OC(=O)C=C2[C@@H]2CCN(Cc3ccccc3)C2)C1. The number of nitrogens with zero attached hydrogens (tertiary/aromatic N) is 1. The van der Waals surface area contributed by atoms with Gasteiger partial charge in [-0.05, 0) is 55.5 Å². The van der Waals surface area contributed by atoms with Crippen molar-refractivity contribution in [1.29, 1.82) is 0 Å². The molecule has 29 heavy (non-hydrogen) atoms. The molecule has 2 heterocycles. The second-order valence-electron chi connectivity index (χ2n) is 9.59. The Hall–Kier alpha value is -1.65. The Morgan fingerprint density at radius 1 is 1.17 bits per heavy atom. The molecule has 1 saturated carbocycles. The summed E-state index contributed by atoms with van der Waals surface area (Å²) in [5, 5.41) is 0. The van der Waals surface area contributed by atoms with Crippen LogP contribution in [0.15, 0.2) is 42.0 Å². The van der Waals surface area contributed by atoms with Gasteiger partial charge in [0, 0.05) is 30.7 Å². The third-order valence-electron chi connectivity index (χ3n) is 7.18. The molecular formula is C25H35NO3. The molecule has 5 atom stereocenters. The fraction of sp³-hybridized carbons (Fsp3) is 0.640. The lowest BCUT2D eigenvalue weighted by molar-refractivity contribution is -0.180. The highest BCUT2D eigenvalue weighted by Gasteiger charge is 2.39. The van der Waals surface area contributed by atoms with Crippen LogP contribution in [0.3, 0.4) is 0 Å². The van der Waals surface area contributed by atoms with Crippen LogP contribution in [0.25, 0.3) is 0 Å². The zero-order chi connectivity index (χ0) is 20.4. The number of ether oxygens (including phenoxy) is 2. The summed E-state index contributed by atoms with van der Waals surface area (Å²) in [6, 6.07) is 10.6. The second kappa shape index (κ2) is 9.01. The van der Waals surface area contributed by atoms with Crippen molar-refractivity contribution in [3.05, 3.63) is 47.5 Å². The lowest BCUT2D eigenvalue weighted by Gasteiger charge is -2.37. The van der Waals surface area contributed by atoms with Crippen molar-refractivity contribution in [1.82, 2.24) is 4.90 Å². The maximum atomic E-state index is 12.1. The second-order valence-corrected chi connectivity index (χ2v) is 9.59. The van der Waals surface area contributed by atoms with Crippen molar-refractivity contribution in [3.8, 4) is 0 Å². The molecule has 1 saturated heterocycles. The van der Waals surface area contributed by atoms with Crippen LogP contribution in [0.5, 0.6) is 0 Å². The van der Waals surface area contributed by atoms with E-state index in [2.05, 4.69) is 56.0 Å². The minimum absolute atomic E-state index is 0.178. The number of carbonyl (C=O) groups is 1. The monoisotopic (exact) mass is 397 g/mol. The number of rotatable bonds is 6. The van der Waals surface area contributed by atoms with Gasteiger partial charge in [0.1, 0.15) is 0 Å². The summed E-state index contributed by atoms with van der Waals surface area (Å²) >= 11 is 0. The molecule has 0 aromatic heterocycles. The summed E-state index contributed by atoms with van der Waals surface area (Å²) < 4.78 is 12.1. The number of likely N-dealkylation sites (tertiary alicyclic amines) is 1. The van der Waals surface area contributed by atoms with Gasteiger partial charge in [0.2, 0.25) is 6.29 Å². The van der Waals surface area contributed by atoms with Gasteiger partial charge in [-0.3, -0.25) is 4.90 Å². The first-order valence-corrected chi connectivity index (χ1v) is 11.3. The number of esters is 1. The standard InChI is InChI=1S/C25H35NO3/c1-17(2)20-10-9-18(3)23(13-20)28-25-22(14-24(27)29-25)21-11-12-26(16-21)15-19-7-5-4-6-8-19/h4-8,14,17-18,20-21,23,25H,9-13,15-16H2,1-3H3/t18?,20?,21-,23?,25+/m1/s1. The van der Waals surface area contributed by atoms with Crippen molar-refractivity contribution in [2.24, 2.45) is 23.7 Å². The van der Waals surface area contributed by atoms with Crippen molar-refractivity contribution in [2.45, 2.75) is 65.4 Å². The topological polar surface area (TPSA) is 38.8 Å². The molecule has 0 radical (unpaired) electrons. The van der Waals surface area contributed by atoms with Gasteiger partial charge < -0.3 is 9.47 Å². The molecule has 4 rings (SSSR count). The van der Waals surface area contributed by atoms with Crippen LogP contribution in [0.2, 0.25) is 0 Å². The van der Waals surface area contributed by atoms with E-state index in [9.17, 15) is 4.79 Å². The Balaban J connectivity index is 1.38. The number of hydrogen-bond donors (Lipinski definition) is 0. The third-order valence-corrected chi connectivity index (χ3v) is 7.18. The highest BCUT2D eigenvalue weighted by atomic mass is 16.7. The van der Waals surface area contributed by atoms with E-state index in [-0.39, 0.29) is 12.1 Å². The van der Waals surface area contributed by atoms with Crippen LogP contribution in [0.4, 0.5) is 0 Å². The van der Waals surface area contributed by atoms with Gasteiger partial charge in [0.15, 0.2) is 0 Å². The van der Waals surface area contributed by atoms with E-state index < -0.39 is 6.29 Å². The molecule has 1 aliphatic carbocycles. The maximum absolute atomic E-state index is 12.1. The van der Waals surface area contributed by atoms with Gasteiger partial charge in [-0.2, -0.15) is 0 Å². The van der Waals surface area contributed by atoms with E-state index in [1.165, 1.54) is 18.4 Å². The third kappa shape index (κ3) is 4.92. The average Bonchev–Trinajstić information content (AvgIpc) is 3.30. The quantitative estimate of drug-likeness (QED) is 0.647. The molecule has 0 spiro atoms. The van der Waals surface area contributed by atoms with E-state index in [1.807, 2.05) is 0 Å². The number of benzene rings is 1.